The second-order valence-corrected chi connectivity index (χ2v) is 6.16. The molecular weight excluding hydrogens is 240 g/mol. The van der Waals surface area contributed by atoms with Gasteiger partial charge in [0.1, 0.15) is 5.03 Å². The Balaban J connectivity index is 2.19. The molecule has 1 aromatic heterocycles. The first-order valence-corrected chi connectivity index (χ1v) is 6.84. The molecule has 0 spiro atoms. The fourth-order valence-corrected chi connectivity index (χ4v) is 2.29. The third kappa shape index (κ3) is 5.73. The minimum Gasteiger partial charge on any atom is -0.312 e. The number of nitrogens with zero attached hydrogens (tertiary/aromatic N) is 1. The molecule has 0 aromatic carbocycles. The van der Waals surface area contributed by atoms with Gasteiger partial charge in [0, 0.05) is 17.5 Å². The van der Waals surface area contributed by atoms with Gasteiger partial charge in [0.15, 0.2) is 0 Å². The van der Waals surface area contributed by atoms with Crippen molar-refractivity contribution in [3.05, 3.63) is 23.4 Å². The van der Waals surface area contributed by atoms with Gasteiger partial charge in [0.2, 0.25) is 0 Å². The monoisotopic (exact) mass is 258 g/mol. The van der Waals surface area contributed by atoms with Gasteiger partial charge in [-0.3, -0.25) is 0 Å². The maximum atomic E-state index is 6.01. The lowest BCUT2D eigenvalue weighted by molar-refractivity contribution is 0.427. The van der Waals surface area contributed by atoms with Gasteiger partial charge in [0.25, 0.3) is 0 Å². The van der Waals surface area contributed by atoms with Crippen LogP contribution in [0.4, 0.5) is 0 Å². The van der Waals surface area contributed by atoms with Gasteiger partial charge in [-0.25, -0.2) is 4.98 Å². The molecule has 2 nitrogen and oxygen atoms in total. The SMILES string of the molecule is CC(C)(C)NCCCSc1ncccc1Cl. The zero-order valence-electron chi connectivity index (χ0n) is 10.1. The fraction of sp³-hybridized carbons (Fsp3) is 0.583. The molecule has 0 aliphatic carbocycles. The number of nitrogens with one attached hydrogen (secondary N) is 1. The Morgan fingerprint density at radius 3 is 2.81 bits per heavy atom. The third-order valence-electron chi connectivity index (χ3n) is 1.94. The van der Waals surface area contributed by atoms with Crippen molar-refractivity contribution in [1.29, 1.82) is 0 Å². The van der Waals surface area contributed by atoms with Crippen molar-refractivity contribution in [3.63, 3.8) is 0 Å². The molecule has 0 unspecified atom stereocenters. The van der Waals surface area contributed by atoms with Gasteiger partial charge in [0.05, 0.1) is 5.02 Å². The van der Waals surface area contributed by atoms with Crippen LogP contribution in [-0.2, 0) is 0 Å². The molecule has 0 atom stereocenters. The van der Waals surface area contributed by atoms with E-state index in [1.807, 2.05) is 12.1 Å². The van der Waals surface area contributed by atoms with Crippen LogP contribution in [0.3, 0.4) is 0 Å². The minimum atomic E-state index is 0.202. The Morgan fingerprint density at radius 1 is 1.44 bits per heavy atom. The summed E-state index contributed by atoms with van der Waals surface area (Å²) in [5.41, 5.74) is 0.202. The third-order valence-corrected chi connectivity index (χ3v) is 3.45. The van der Waals surface area contributed by atoms with E-state index >= 15 is 0 Å². The average Bonchev–Trinajstić information content (AvgIpc) is 2.18. The van der Waals surface area contributed by atoms with Crippen molar-refractivity contribution < 1.29 is 0 Å². The molecule has 1 heterocycles. The van der Waals surface area contributed by atoms with Crippen LogP contribution in [0.1, 0.15) is 27.2 Å². The first-order valence-electron chi connectivity index (χ1n) is 5.47. The van der Waals surface area contributed by atoms with E-state index < -0.39 is 0 Å². The molecule has 0 radical (unpaired) electrons. The van der Waals surface area contributed by atoms with E-state index in [1.54, 1.807) is 18.0 Å². The molecule has 16 heavy (non-hydrogen) atoms. The number of halogens is 1. The van der Waals surface area contributed by atoms with Gasteiger partial charge in [-0.15, -0.1) is 11.8 Å². The van der Waals surface area contributed by atoms with Gasteiger partial charge in [-0.05, 0) is 45.9 Å². The molecule has 0 saturated heterocycles. The highest BCUT2D eigenvalue weighted by atomic mass is 35.5. The molecule has 1 aromatic rings. The molecule has 0 bridgehead atoms. The van der Waals surface area contributed by atoms with E-state index in [9.17, 15) is 0 Å². The maximum Gasteiger partial charge on any atom is 0.115 e. The largest absolute Gasteiger partial charge is 0.312 e. The van der Waals surface area contributed by atoms with Crippen molar-refractivity contribution in [2.75, 3.05) is 12.3 Å². The first-order chi connectivity index (χ1) is 7.49. The maximum absolute atomic E-state index is 6.01. The standard InChI is InChI=1S/C12H19ClN2S/c1-12(2,3)15-8-5-9-16-11-10(13)6-4-7-14-11/h4,6-7,15H,5,8-9H2,1-3H3. The average molecular weight is 259 g/mol. The van der Waals surface area contributed by atoms with E-state index in [2.05, 4.69) is 31.1 Å². The summed E-state index contributed by atoms with van der Waals surface area (Å²) in [5.74, 6) is 1.04. The zero-order valence-corrected chi connectivity index (χ0v) is 11.7. The molecular formula is C12H19ClN2S. The predicted octanol–water partition coefficient (Wildman–Crippen LogP) is 3.61. The van der Waals surface area contributed by atoms with Crippen LogP contribution in [0.15, 0.2) is 23.4 Å². The molecule has 0 fully saturated rings. The molecule has 1 rings (SSSR count). The summed E-state index contributed by atoms with van der Waals surface area (Å²) in [6.45, 7) is 7.56. The molecule has 0 amide bonds. The van der Waals surface area contributed by atoms with E-state index in [4.69, 9.17) is 11.6 Å². The lowest BCUT2D eigenvalue weighted by atomic mass is 10.1. The lowest BCUT2D eigenvalue weighted by Gasteiger charge is -2.20. The number of pyridine rings is 1. The molecule has 0 saturated carbocycles. The summed E-state index contributed by atoms with van der Waals surface area (Å²) in [5, 5.41) is 5.13. The first kappa shape index (κ1) is 13.8. The van der Waals surface area contributed by atoms with E-state index in [0.717, 1.165) is 28.8 Å². The van der Waals surface area contributed by atoms with Crippen LogP contribution in [0.2, 0.25) is 5.02 Å². The summed E-state index contributed by atoms with van der Waals surface area (Å²) < 4.78 is 0. The van der Waals surface area contributed by atoms with Crippen molar-refractivity contribution in [1.82, 2.24) is 10.3 Å². The van der Waals surface area contributed by atoms with E-state index in [-0.39, 0.29) is 5.54 Å². The summed E-state index contributed by atoms with van der Waals surface area (Å²) in [7, 11) is 0. The zero-order chi connectivity index (χ0) is 12.0. The van der Waals surface area contributed by atoms with Gasteiger partial charge < -0.3 is 5.32 Å². The van der Waals surface area contributed by atoms with Gasteiger partial charge >= 0.3 is 0 Å². The van der Waals surface area contributed by atoms with Crippen LogP contribution in [0, 0.1) is 0 Å². The molecule has 1 N–H and O–H groups in total. The number of aromatic nitrogens is 1. The van der Waals surface area contributed by atoms with E-state index in [0.29, 0.717) is 0 Å². The molecule has 4 heteroatoms. The molecule has 0 aliphatic rings. The highest BCUT2D eigenvalue weighted by Crippen LogP contribution is 2.24. The lowest BCUT2D eigenvalue weighted by Crippen LogP contribution is -2.36. The van der Waals surface area contributed by atoms with Crippen molar-refractivity contribution in [3.8, 4) is 0 Å². The van der Waals surface area contributed by atoms with Crippen LogP contribution in [-0.4, -0.2) is 22.8 Å². The Labute approximate surface area is 107 Å². The second-order valence-electron chi connectivity index (χ2n) is 4.67. The molecule has 0 aliphatic heterocycles. The molecule has 90 valence electrons. The predicted molar refractivity (Wildman–Crippen MR) is 72.3 cm³/mol. The number of hydrogen-bond donors (Lipinski definition) is 1. The Kier molecular flexibility index (Phi) is 5.59. The van der Waals surface area contributed by atoms with Crippen LogP contribution in [0.25, 0.3) is 0 Å². The Bertz CT molecular complexity index is 323. The Morgan fingerprint density at radius 2 is 2.19 bits per heavy atom. The summed E-state index contributed by atoms with van der Waals surface area (Å²) in [4.78, 5) is 4.24. The summed E-state index contributed by atoms with van der Waals surface area (Å²) >= 11 is 7.73. The topological polar surface area (TPSA) is 24.9 Å². The van der Waals surface area contributed by atoms with Gasteiger partial charge in [-0.1, -0.05) is 11.6 Å². The summed E-state index contributed by atoms with van der Waals surface area (Å²) in [6, 6.07) is 3.73. The Hall–Kier alpha value is -0.250. The smallest absolute Gasteiger partial charge is 0.115 e. The highest BCUT2D eigenvalue weighted by molar-refractivity contribution is 7.99. The second kappa shape index (κ2) is 6.48. The van der Waals surface area contributed by atoms with Crippen LogP contribution in [0.5, 0.6) is 0 Å². The van der Waals surface area contributed by atoms with Crippen molar-refractivity contribution in [2.24, 2.45) is 0 Å². The van der Waals surface area contributed by atoms with Crippen LogP contribution < -0.4 is 5.32 Å². The number of hydrogen-bond acceptors (Lipinski definition) is 3. The van der Waals surface area contributed by atoms with E-state index in [1.165, 1.54) is 0 Å². The number of thioether (sulfide) groups is 1. The minimum absolute atomic E-state index is 0.202. The highest BCUT2D eigenvalue weighted by Gasteiger charge is 2.07. The summed E-state index contributed by atoms with van der Waals surface area (Å²) in [6.07, 6.45) is 2.90. The fourth-order valence-electron chi connectivity index (χ4n) is 1.18. The van der Waals surface area contributed by atoms with Gasteiger partial charge in [-0.2, -0.15) is 0 Å². The van der Waals surface area contributed by atoms with Crippen LogP contribution >= 0.6 is 23.4 Å². The quantitative estimate of drug-likeness (QED) is 0.645. The van der Waals surface area contributed by atoms with Crippen molar-refractivity contribution in [2.45, 2.75) is 37.8 Å². The number of rotatable bonds is 5. The normalized spacial score (nSPS) is 11.8. The van der Waals surface area contributed by atoms with Crippen molar-refractivity contribution >= 4 is 23.4 Å².